The van der Waals surface area contributed by atoms with E-state index in [-0.39, 0.29) is 18.0 Å². The van der Waals surface area contributed by atoms with E-state index < -0.39 is 0 Å². The Morgan fingerprint density at radius 1 is 1.13 bits per heavy atom. The van der Waals surface area contributed by atoms with Gasteiger partial charge in [0.05, 0.1) is 21.6 Å². The third kappa shape index (κ3) is 4.91. The standard InChI is InChI=1S/C23H16Br2FN3O2/c1-14-28-21-7-6-17(24)11-19(21)23(30)29(14)27-12-15-5-8-22(20(25)10-15)31-13-16-3-2-4-18(26)9-16/h2-12H,13H2,1H3. The molecule has 0 N–H and O–H groups in total. The lowest BCUT2D eigenvalue weighted by Crippen LogP contribution is -2.20. The lowest BCUT2D eigenvalue weighted by Gasteiger charge is -2.09. The van der Waals surface area contributed by atoms with Gasteiger partial charge in [-0.15, -0.1) is 0 Å². The largest absolute Gasteiger partial charge is 0.488 e. The van der Waals surface area contributed by atoms with Crippen molar-refractivity contribution in [2.75, 3.05) is 0 Å². The second-order valence-electron chi connectivity index (χ2n) is 6.79. The number of rotatable bonds is 5. The molecule has 0 spiro atoms. The highest BCUT2D eigenvalue weighted by Gasteiger charge is 2.08. The third-order valence-corrected chi connectivity index (χ3v) is 5.64. The van der Waals surface area contributed by atoms with Gasteiger partial charge in [-0.2, -0.15) is 9.78 Å². The van der Waals surface area contributed by atoms with E-state index in [2.05, 4.69) is 41.9 Å². The van der Waals surface area contributed by atoms with Crippen LogP contribution in [0.25, 0.3) is 10.9 Å². The molecule has 156 valence electrons. The molecular weight excluding hydrogens is 529 g/mol. The van der Waals surface area contributed by atoms with Crippen molar-refractivity contribution in [2.24, 2.45) is 5.10 Å². The van der Waals surface area contributed by atoms with Crippen LogP contribution < -0.4 is 10.3 Å². The smallest absolute Gasteiger partial charge is 0.282 e. The molecule has 4 rings (SSSR count). The first kappa shape index (κ1) is 21.4. The summed E-state index contributed by atoms with van der Waals surface area (Å²) in [5.41, 5.74) is 1.89. The average Bonchev–Trinajstić information content (AvgIpc) is 2.74. The van der Waals surface area contributed by atoms with Crippen molar-refractivity contribution < 1.29 is 9.13 Å². The van der Waals surface area contributed by atoms with Gasteiger partial charge < -0.3 is 4.74 Å². The quantitative estimate of drug-likeness (QED) is 0.297. The molecule has 31 heavy (non-hydrogen) atoms. The fourth-order valence-corrected chi connectivity index (χ4v) is 3.89. The lowest BCUT2D eigenvalue weighted by molar-refractivity contribution is 0.303. The Kier molecular flexibility index (Phi) is 6.29. The highest BCUT2D eigenvalue weighted by molar-refractivity contribution is 9.10. The Hall–Kier alpha value is -2.84. The molecule has 0 saturated carbocycles. The van der Waals surface area contributed by atoms with E-state index in [0.717, 1.165) is 20.1 Å². The van der Waals surface area contributed by atoms with Crippen molar-refractivity contribution in [3.63, 3.8) is 0 Å². The zero-order valence-corrected chi connectivity index (χ0v) is 19.5. The second kappa shape index (κ2) is 9.11. The first-order valence-corrected chi connectivity index (χ1v) is 10.9. The van der Waals surface area contributed by atoms with Crippen LogP contribution >= 0.6 is 31.9 Å². The molecule has 0 saturated heterocycles. The second-order valence-corrected chi connectivity index (χ2v) is 8.56. The summed E-state index contributed by atoms with van der Waals surface area (Å²) in [6.45, 7) is 1.98. The van der Waals surface area contributed by atoms with Crippen molar-refractivity contribution in [1.29, 1.82) is 0 Å². The number of hydrogen-bond acceptors (Lipinski definition) is 4. The maximum absolute atomic E-state index is 13.3. The molecule has 1 heterocycles. The summed E-state index contributed by atoms with van der Waals surface area (Å²) in [4.78, 5) is 17.3. The molecule has 0 bridgehead atoms. The van der Waals surface area contributed by atoms with Crippen molar-refractivity contribution in [2.45, 2.75) is 13.5 Å². The van der Waals surface area contributed by atoms with Crippen molar-refractivity contribution in [1.82, 2.24) is 9.66 Å². The summed E-state index contributed by atoms with van der Waals surface area (Å²) in [5.74, 6) is 0.810. The molecule has 0 atom stereocenters. The molecular formula is C23H16Br2FN3O2. The molecule has 0 amide bonds. The number of aromatic nitrogens is 2. The van der Waals surface area contributed by atoms with Crippen LogP contribution in [-0.4, -0.2) is 15.9 Å². The number of halogens is 3. The number of benzene rings is 3. The predicted octanol–water partition coefficient (Wildman–Crippen LogP) is 5.83. The number of fused-ring (bicyclic) bond motifs is 1. The molecule has 0 aliphatic rings. The van der Waals surface area contributed by atoms with Crippen molar-refractivity contribution in [3.8, 4) is 5.75 Å². The van der Waals surface area contributed by atoms with Gasteiger partial charge in [0.2, 0.25) is 0 Å². The molecule has 5 nitrogen and oxygen atoms in total. The number of ether oxygens (including phenoxy) is 1. The normalized spacial score (nSPS) is 11.4. The molecule has 0 unspecified atom stereocenters. The molecule has 3 aromatic carbocycles. The number of nitrogens with zero attached hydrogens (tertiary/aromatic N) is 3. The Balaban J connectivity index is 1.56. The molecule has 0 aliphatic carbocycles. The van der Waals surface area contributed by atoms with Gasteiger partial charge in [-0.05, 0) is 82.5 Å². The first-order chi connectivity index (χ1) is 14.9. The minimum Gasteiger partial charge on any atom is -0.488 e. The van der Waals surface area contributed by atoms with E-state index in [1.807, 2.05) is 18.2 Å². The van der Waals surface area contributed by atoms with Gasteiger partial charge in [-0.3, -0.25) is 4.79 Å². The van der Waals surface area contributed by atoms with Crippen molar-refractivity contribution >= 4 is 49.0 Å². The van der Waals surface area contributed by atoms with Crippen LogP contribution in [0.3, 0.4) is 0 Å². The molecule has 4 aromatic rings. The van der Waals surface area contributed by atoms with Gasteiger partial charge in [0.25, 0.3) is 5.56 Å². The maximum atomic E-state index is 13.3. The zero-order valence-electron chi connectivity index (χ0n) is 16.3. The van der Waals surface area contributed by atoms with Crippen LogP contribution in [0.2, 0.25) is 0 Å². The number of aryl methyl sites for hydroxylation is 1. The molecule has 0 radical (unpaired) electrons. The molecule has 1 aromatic heterocycles. The van der Waals surface area contributed by atoms with Crippen molar-refractivity contribution in [3.05, 3.63) is 103 Å². The molecule has 0 fully saturated rings. The summed E-state index contributed by atoms with van der Waals surface area (Å²) >= 11 is 6.87. The van der Waals surface area contributed by atoms with Gasteiger partial charge in [0.15, 0.2) is 0 Å². The van der Waals surface area contributed by atoms with Crippen LogP contribution in [-0.2, 0) is 6.61 Å². The molecule has 0 aliphatic heterocycles. The van der Waals surface area contributed by atoms with E-state index in [1.165, 1.54) is 16.8 Å². The first-order valence-electron chi connectivity index (χ1n) is 9.31. The fourth-order valence-electron chi connectivity index (χ4n) is 3.02. The number of hydrogen-bond donors (Lipinski definition) is 0. The third-order valence-electron chi connectivity index (χ3n) is 4.53. The van der Waals surface area contributed by atoms with E-state index >= 15 is 0 Å². The summed E-state index contributed by atoms with van der Waals surface area (Å²) in [7, 11) is 0. The molecule has 8 heteroatoms. The Bertz CT molecular complexity index is 1370. The minimum atomic E-state index is -0.298. The van der Waals surface area contributed by atoms with Gasteiger partial charge in [-0.1, -0.05) is 28.1 Å². The van der Waals surface area contributed by atoms with E-state index in [0.29, 0.717) is 22.5 Å². The Morgan fingerprint density at radius 3 is 2.74 bits per heavy atom. The lowest BCUT2D eigenvalue weighted by atomic mass is 10.2. The minimum absolute atomic E-state index is 0.242. The highest BCUT2D eigenvalue weighted by Crippen LogP contribution is 2.26. The monoisotopic (exact) mass is 543 g/mol. The van der Waals surface area contributed by atoms with E-state index in [4.69, 9.17) is 4.74 Å². The summed E-state index contributed by atoms with van der Waals surface area (Å²) in [6.07, 6.45) is 1.58. The fraction of sp³-hybridized carbons (Fsp3) is 0.0870. The van der Waals surface area contributed by atoms with E-state index in [1.54, 1.807) is 43.5 Å². The summed E-state index contributed by atoms with van der Waals surface area (Å²) in [6, 6.07) is 17.1. The van der Waals surface area contributed by atoms with Crippen LogP contribution in [0, 0.1) is 12.7 Å². The SMILES string of the molecule is Cc1nc2ccc(Br)cc2c(=O)n1N=Cc1ccc(OCc2cccc(F)c2)c(Br)c1. The van der Waals surface area contributed by atoms with Crippen LogP contribution in [0.15, 0.2) is 79.5 Å². The van der Waals surface area contributed by atoms with Gasteiger partial charge >= 0.3 is 0 Å². The summed E-state index contributed by atoms with van der Waals surface area (Å²) in [5, 5.41) is 4.81. The predicted molar refractivity (Wildman–Crippen MR) is 126 cm³/mol. The van der Waals surface area contributed by atoms with Crippen LogP contribution in [0.5, 0.6) is 5.75 Å². The Morgan fingerprint density at radius 2 is 1.97 bits per heavy atom. The van der Waals surface area contributed by atoms with Gasteiger partial charge in [0, 0.05) is 4.47 Å². The zero-order chi connectivity index (χ0) is 22.0. The van der Waals surface area contributed by atoms with Crippen LogP contribution in [0.1, 0.15) is 17.0 Å². The van der Waals surface area contributed by atoms with Gasteiger partial charge in [-0.25, -0.2) is 9.37 Å². The summed E-state index contributed by atoms with van der Waals surface area (Å²) < 4.78 is 21.9. The topological polar surface area (TPSA) is 56.5 Å². The van der Waals surface area contributed by atoms with Crippen LogP contribution in [0.4, 0.5) is 4.39 Å². The van der Waals surface area contributed by atoms with Gasteiger partial charge in [0.1, 0.15) is 24.0 Å². The highest BCUT2D eigenvalue weighted by atomic mass is 79.9. The van der Waals surface area contributed by atoms with E-state index in [9.17, 15) is 9.18 Å². The average molecular weight is 545 g/mol. The Labute approximate surface area is 194 Å². The maximum Gasteiger partial charge on any atom is 0.282 e.